The predicted octanol–water partition coefficient (Wildman–Crippen LogP) is 3.47. The number of hydrogen-bond donors (Lipinski definition) is 1. The first-order chi connectivity index (χ1) is 12.0. The number of nitriles is 1. The van der Waals surface area contributed by atoms with E-state index in [1.54, 1.807) is 18.2 Å². The fourth-order valence-electron chi connectivity index (χ4n) is 2.23. The summed E-state index contributed by atoms with van der Waals surface area (Å²) in [6.45, 7) is 3.36. The summed E-state index contributed by atoms with van der Waals surface area (Å²) >= 11 is 5.96. The minimum Gasteiger partial charge on any atom is -0.492 e. The smallest absolute Gasteiger partial charge is 0.238 e. The summed E-state index contributed by atoms with van der Waals surface area (Å²) in [5, 5.41) is 11.9. The van der Waals surface area contributed by atoms with E-state index in [4.69, 9.17) is 21.6 Å². The number of nitrogens with zero attached hydrogens (tertiary/aromatic N) is 2. The summed E-state index contributed by atoms with van der Waals surface area (Å²) in [6, 6.07) is 14.6. The zero-order valence-electron chi connectivity index (χ0n) is 14.3. The van der Waals surface area contributed by atoms with Gasteiger partial charge in [-0.25, -0.2) is 0 Å². The van der Waals surface area contributed by atoms with Gasteiger partial charge in [-0.2, -0.15) is 5.26 Å². The maximum absolute atomic E-state index is 12.1. The second-order valence-corrected chi connectivity index (χ2v) is 6.16. The zero-order chi connectivity index (χ0) is 18.2. The molecule has 130 valence electrons. The lowest BCUT2D eigenvalue weighted by Crippen LogP contribution is -2.33. The van der Waals surface area contributed by atoms with Gasteiger partial charge < -0.3 is 10.1 Å². The first kappa shape index (κ1) is 18.8. The van der Waals surface area contributed by atoms with Gasteiger partial charge in [-0.3, -0.25) is 9.69 Å². The van der Waals surface area contributed by atoms with E-state index in [9.17, 15) is 4.79 Å². The van der Waals surface area contributed by atoms with Gasteiger partial charge in [-0.1, -0.05) is 23.7 Å². The summed E-state index contributed by atoms with van der Waals surface area (Å²) in [5.74, 6) is 0.670. The van der Waals surface area contributed by atoms with Crippen molar-refractivity contribution in [1.82, 2.24) is 4.90 Å². The van der Waals surface area contributed by atoms with Crippen molar-refractivity contribution in [2.24, 2.45) is 0 Å². The average Bonchev–Trinajstić information content (AvgIpc) is 2.55. The average molecular weight is 358 g/mol. The number of carbonyl (C=O) groups excluding carboxylic acids is 1. The lowest BCUT2D eigenvalue weighted by Gasteiger charge is -2.17. The Kier molecular flexibility index (Phi) is 6.81. The number of ether oxygens (including phenoxy) is 1. The highest BCUT2D eigenvalue weighted by Crippen LogP contribution is 2.20. The number of anilines is 1. The van der Waals surface area contributed by atoms with E-state index >= 15 is 0 Å². The second-order valence-electron chi connectivity index (χ2n) is 5.76. The number of carbonyl (C=O) groups is 1. The third kappa shape index (κ3) is 6.11. The molecule has 0 fully saturated rings. The largest absolute Gasteiger partial charge is 0.492 e. The van der Waals surface area contributed by atoms with Gasteiger partial charge in [0.15, 0.2) is 0 Å². The molecule has 0 radical (unpaired) electrons. The van der Waals surface area contributed by atoms with Gasteiger partial charge in [0.05, 0.1) is 17.1 Å². The Balaban J connectivity index is 1.76. The van der Waals surface area contributed by atoms with Gasteiger partial charge in [0, 0.05) is 12.2 Å². The molecule has 0 spiro atoms. The van der Waals surface area contributed by atoms with Crippen LogP contribution in [0.2, 0.25) is 5.02 Å². The third-order valence-corrected chi connectivity index (χ3v) is 3.83. The van der Waals surface area contributed by atoms with E-state index in [2.05, 4.69) is 5.32 Å². The molecule has 2 aromatic rings. The second kappa shape index (κ2) is 9.07. The maximum atomic E-state index is 12.1. The molecule has 0 aliphatic rings. The number of hydrogen-bond acceptors (Lipinski definition) is 4. The molecule has 6 heteroatoms. The topological polar surface area (TPSA) is 65.4 Å². The Morgan fingerprint density at radius 1 is 1.32 bits per heavy atom. The van der Waals surface area contributed by atoms with Crippen molar-refractivity contribution in [3.63, 3.8) is 0 Å². The van der Waals surface area contributed by atoms with Gasteiger partial charge in [0.2, 0.25) is 5.91 Å². The van der Waals surface area contributed by atoms with E-state index in [0.717, 1.165) is 11.3 Å². The summed E-state index contributed by atoms with van der Waals surface area (Å²) in [6.07, 6.45) is 0. The third-order valence-electron chi connectivity index (χ3n) is 3.52. The monoisotopic (exact) mass is 357 g/mol. The van der Waals surface area contributed by atoms with Crippen molar-refractivity contribution in [1.29, 1.82) is 5.26 Å². The number of benzene rings is 2. The summed E-state index contributed by atoms with van der Waals surface area (Å²) in [5.41, 5.74) is 2.09. The van der Waals surface area contributed by atoms with Crippen LogP contribution >= 0.6 is 11.6 Å². The van der Waals surface area contributed by atoms with E-state index in [-0.39, 0.29) is 12.5 Å². The van der Waals surface area contributed by atoms with Gasteiger partial charge in [-0.15, -0.1) is 0 Å². The van der Waals surface area contributed by atoms with Crippen LogP contribution in [0, 0.1) is 18.3 Å². The maximum Gasteiger partial charge on any atom is 0.238 e. The van der Waals surface area contributed by atoms with Crippen LogP contribution in [0.5, 0.6) is 5.75 Å². The van der Waals surface area contributed by atoms with Crippen LogP contribution in [-0.4, -0.2) is 37.6 Å². The van der Waals surface area contributed by atoms with E-state index in [1.807, 2.05) is 49.2 Å². The number of halogens is 1. The van der Waals surface area contributed by atoms with Crippen LogP contribution in [0.1, 0.15) is 11.1 Å². The summed E-state index contributed by atoms with van der Waals surface area (Å²) in [7, 11) is 1.85. The molecule has 1 N–H and O–H groups in total. The summed E-state index contributed by atoms with van der Waals surface area (Å²) < 4.78 is 5.68. The number of nitrogens with one attached hydrogen (secondary N) is 1. The normalized spacial score (nSPS) is 10.4. The quantitative estimate of drug-likeness (QED) is 0.824. The van der Waals surface area contributed by atoms with Crippen molar-refractivity contribution in [3.05, 3.63) is 58.6 Å². The van der Waals surface area contributed by atoms with Crippen molar-refractivity contribution in [2.75, 3.05) is 32.1 Å². The Labute approximate surface area is 152 Å². The van der Waals surface area contributed by atoms with Crippen molar-refractivity contribution < 1.29 is 9.53 Å². The Morgan fingerprint density at radius 3 is 2.80 bits per heavy atom. The van der Waals surface area contributed by atoms with E-state index in [0.29, 0.717) is 29.4 Å². The van der Waals surface area contributed by atoms with Crippen LogP contribution in [0.25, 0.3) is 0 Å². The number of aryl methyl sites for hydroxylation is 1. The number of likely N-dealkylation sites (N-methyl/N-ethyl adjacent to an activating group) is 1. The van der Waals surface area contributed by atoms with Crippen molar-refractivity contribution in [2.45, 2.75) is 6.92 Å². The SMILES string of the molecule is Cc1cccc(OCCN(C)CC(=O)Nc2ccc(C#N)c(Cl)c2)c1. The lowest BCUT2D eigenvalue weighted by molar-refractivity contribution is -0.117. The van der Waals surface area contributed by atoms with Crippen LogP contribution in [0.15, 0.2) is 42.5 Å². The number of rotatable bonds is 7. The fraction of sp³-hybridized carbons (Fsp3) is 0.263. The van der Waals surface area contributed by atoms with Crippen LogP contribution in [0.4, 0.5) is 5.69 Å². The van der Waals surface area contributed by atoms with Crippen molar-refractivity contribution in [3.8, 4) is 11.8 Å². The molecule has 0 aliphatic heterocycles. The molecule has 0 atom stereocenters. The molecule has 0 heterocycles. The molecule has 0 saturated carbocycles. The molecule has 0 saturated heterocycles. The molecular formula is C19H20ClN3O2. The van der Waals surface area contributed by atoms with Crippen LogP contribution in [-0.2, 0) is 4.79 Å². The number of amides is 1. The Morgan fingerprint density at radius 2 is 2.12 bits per heavy atom. The molecule has 0 bridgehead atoms. The standard InChI is InChI=1S/C19H20ClN3O2/c1-14-4-3-5-17(10-14)25-9-8-23(2)13-19(24)22-16-7-6-15(12-21)18(20)11-16/h3-7,10-11H,8-9,13H2,1-2H3,(H,22,24). The Hall–Kier alpha value is -2.55. The fourth-order valence-corrected chi connectivity index (χ4v) is 2.46. The molecule has 5 nitrogen and oxygen atoms in total. The van der Waals surface area contributed by atoms with Gasteiger partial charge in [-0.05, 0) is 49.9 Å². The van der Waals surface area contributed by atoms with Crippen LogP contribution in [0.3, 0.4) is 0 Å². The molecule has 2 aromatic carbocycles. The highest BCUT2D eigenvalue weighted by atomic mass is 35.5. The molecule has 0 aliphatic carbocycles. The molecule has 0 aromatic heterocycles. The van der Waals surface area contributed by atoms with E-state index in [1.165, 1.54) is 0 Å². The minimum atomic E-state index is -0.154. The van der Waals surface area contributed by atoms with Crippen LogP contribution < -0.4 is 10.1 Å². The Bertz CT molecular complexity index is 786. The zero-order valence-corrected chi connectivity index (χ0v) is 15.0. The molecule has 25 heavy (non-hydrogen) atoms. The van der Waals surface area contributed by atoms with Gasteiger partial charge >= 0.3 is 0 Å². The van der Waals surface area contributed by atoms with Gasteiger partial charge in [0.25, 0.3) is 0 Å². The highest BCUT2D eigenvalue weighted by molar-refractivity contribution is 6.32. The highest BCUT2D eigenvalue weighted by Gasteiger charge is 2.08. The molecule has 2 rings (SSSR count). The van der Waals surface area contributed by atoms with Gasteiger partial charge in [0.1, 0.15) is 18.4 Å². The first-order valence-electron chi connectivity index (χ1n) is 7.85. The molecular weight excluding hydrogens is 338 g/mol. The molecule has 1 amide bonds. The molecule has 0 unspecified atom stereocenters. The summed E-state index contributed by atoms with van der Waals surface area (Å²) in [4.78, 5) is 13.9. The van der Waals surface area contributed by atoms with Crippen molar-refractivity contribution >= 4 is 23.2 Å². The predicted molar refractivity (Wildman–Crippen MR) is 99.0 cm³/mol. The minimum absolute atomic E-state index is 0.154. The first-order valence-corrected chi connectivity index (χ1v) is 8.23. The lowest BCUT2D eigenvalue weighted by atomic mass is 10.2. The van der Waals surface area contributed by atoms with E-state index < -0.39 is 0 Å².